The summed E-state index contributed by atoms with van der Waals surface area (Å²) < 4.78 is 29.1. The number of carbonyl (C=O) groups is 3. The molecule has 2 aliphatic rings. The lowest BCUT2D eigenvalue weighted by atomic mass is 9.87. The Balaban J connectivity index is 1.72. The first-order valence-electron chi connectivity index (χ1n) is 8.59. The number of carbonyl (C=O) groups excluding carboxylic acids is 3. The lowest BCUT2D eigenvalue weighted by molar-refractivity contribution is -0.146. The van der Waals surface area contributed by atoms with Gasteiger partial charge in [-0.25, -0.2) is 0 Å². The van der Waals surface area contributed by atoms with Crippen molar-refractivity contribution < 1.29 is 27.9 Å². The molecule has 0 unspecified atom stereocenters. The van der Waals surface area contributed by atoms with Crippen molar-refractivity contribution in [1.29, 1.82) is 0 Å². The zero-order chi connectivity index (χ0) is 18.8. The van der Waals surface area contributed by atoms with Gasteiger partial charge in [0.15, 0.2) is 0 Å². The van der Waals surface area contributed by atoms with E-state index in [9.17, 15) is 23.2 Å². The minimum Gasteiger partial charge on any atom is -0.435 e. The Morgan fingerprint density at radius 1 is 1.23 bits per heavy atom. The maximum atomic E-state index is 12.5. The molecule has 1 heterocycles. The fourth-order valence-electron chi connectivity index (χ4n) is 3.55. The van der Waals surface area contributed by atoms with Crippen molar-refractivity contribution in [2.45, 2.75) is 57.7 Å². The number of nitrogens with one attached hydrogen (secondary N) is 1. The number of hydrogen-bond acceptors (Lipinski definition) is 4. The Kier molecular flexibility index (Phi) is 5.20. The Bertz CT molecular complexity index is 722. The summed E-state index contributed by atoms with van der Waals surface area (Å²) in [6, 6.07) is 3.53. The fraction of sp³-hybridized carbons (Fsp3) is 0.500. The smallest absolute Gasteiger partial charge is 0.387 e. The number of imide groups is 1. The van der Waals surface area contributed by atoms with Gasteiger partial charge in [0.1, 0.15) is 11.8 Å². The van der Waals surface area contributed by atoms with E-state index in [4.69, 9.17) is 0 Å². The monoisotopic (exact) mass is 366 g/mol. The third-order valence-electron chi connectivity index (χ3n) is 4.83. The summed E-state index contributed by atoms with van der Waals surface area (Å²) in [6.07, 6.45) is 2.46. The highest BCUT2D eigenvalue weighted by Crippen LogP contribution is 2.33. The molecule has 1 aliphatic heterocycles. The van der Waals surface area contributed by atoms with Crippen LogP contribution < -0.4 is 10.1 Å². The predicted octanol–water partition coefficient (Wildman–Crippen LogP) is 2.32. The average molecular weight is 366 g/mol. The van der Waals surface area contributed by atoms with E-state index in [-0.39, 0.29) is 36.4 Å². The highest BCUT2D eigenvalue weighted by atomic mass is 19.3. The SMILES string of the molecule is C[C@@H](C(=O)N[C@@H]1CCCc2cc(OC(F)F)ccc21)N1C(=O)CCC1=O. The molecule has 0 saturated carbocycles. The molecule has 1 N–H and O–H groups in total. The van der Waals surface area contributed by atoms with Crippen LogP contribution in [0.2, 0.25) is 0 Å². The number of fused-ring (bicyclic) bond motifs is 1. The minimum absolute atomic E-state index is 0.0901. The summed E-state index contributed by atoms with van der Waals surface area (Å²) in [4.78, 5) is 37.1. The molecule has 1 fully saturated rings. The zero-order valence-electron chi connectivity index (χ0n) is 14.3. The van der Waals surface area contributed by atoms with Crippen LogP contribution in [0, 0.1) is 0 Å². The number of ether oxygens (including phenoxy) is 1. The molecule has 1 aromatic rings. The van der Waals surface area contributed by atoms with Gasteiger partial charge in [0.05, 0.1) is 6.04 Å². The van der Waals surface area contributed by atoms with E-state index in [1.54, 1.807) is 12.1 Å². The van der Waals surface area contributed by atoms with E-state index in [0.29, 0.717) is 12.8 Å². The first kappa shape index (κ1) is 18.3. The van der Waals surface area contributed by atoms with Crippen molar-refractivity contribution in [1.82, 2.24) is 10.2 Å². The number of benzene rings is 1. The molecule has 8 heteroatoms. The molecule has 2 atom stereocenters. The number of likely N-dealkylation sites (tertiary alicyclic amines) is 1. The second-order valence-electron chi connectivity index (χ2n) is 6.53. The van der Waals surface area contributed by atoms with Gasteiger partial charge >= 0.3 is 6.61 Å². The minimum atomic E-state index is -2.89. The standard InChI is InChI=1S/C18H20F2N2O4/c1-10(22-15(23)7-8-16(22)24)17(25)21-14-4-2-3-11-9-12(26-18(19)20)5-6-13(11)14/h5-6,9-10,14,18H,2-4,7-8H2,1H3,(H,21,25)/t10-,14+/m0/s1. The molecule has 3 rings (SSSR count). The van der Waals surface area contributed by atoms with E-state index in [1.165, 1.54) is 13.0 Å². The van der Waals surface area contributed by atoms with Crippen LogP contribution >= 0.6 is 0 Å². The molecular weight excluding hydrogens is 346 g/mol. The fourth-order valence-corrected chi connectivity index (χ4v) is 3.55. The van der Waals surface area contributed by atoms with Gasteiger partial charge in [-0.1, -0.05) is 6.07 Å². The van der Waals surface area contributed by atoms with E-state index < -0.39 is 18.6 Å². The van der Waals surface area contributed by atoms with Crippen LogP contribution in [0.4, 0.5) is 8.78 Å². The number of amides is 3. The number of aryl methyl sites for hydroxylation is 1. The molecule has 0 spiro atoms. The van der Waals surface area contributed by atoms with Crippen LogP contribution in [-0.2, 0) is 20.8 Å². The molecule has 1 saturated heterocycles. The van der Waals surface area contributed by atoms with E-state index in [1.807, 2.05) is 0 Å². The Hall–Kier alpha value is -2.51. The zero-order valence-corrected chi connectivity index (χ0v) is 14.3. The summed E-state index contributed by atoms with van der Waals surface area (Å²) in [7, 11) is 0. The Labute approximate surface area is 149 Å². The predicted molar refractivity (Wildman–Crippen MR) is 87.4 cm³/mol. The third kappa shape index (κ3) is 3.68. The third-order valence-corrected chi connectivity index (χ3v) is 4.83. The number of hydrogen-bond donors (Lipinski definition) is 1. The Morgan fingerprint density at radius 3 is 2.58 bits per heavy atom. The van der Waals surface area contributed by atoms with Gasteiger partial charge < -0.3 is 10.1 Å². The number of alkyl halides is 2. The van der Waals surface area contributed by atoms with Crippen molar-refractivity contribution in [3.63, 3.8) is 0 Å². The van der Waals surface area contributed by atoms with Crippen LogP contribution in [0.1, 0.15) is 49.8 Å². The molecule has 140 valence electrons. The quantitative estimate of drug-likeness (QED) is 0.812. The summed E-state index contributed by atoms with van der Waals surface area (Å²) in [6.45, 7) is -1.36. The lowest BCUT2D eigenvalue weighted by Gasteiger charge is -2.29. The van der Waals surface area contributed by atoms with Crippen molar-refractivity contribution in [3.05, 3.63) is 29.3 Å². The number of nitrogens with zero attached hydrogens (tertiary/aromatic N) is 1. The Morgan fingerprint density at radius 2 is 1.92 bits per heavy atom. The number of halogens is 2. The maximum Gasteiger partial charge on any atom is 0.387 e. The molecule has 0 aromatic heterocycles. The van der Waals surface area contributed by atoms with Gasteiger partial charge in [0.25, 0.3) is 0 Å². The van der Waals surface area contributed by atoms with Gasteiger partial charge in [-0.05, 0) is 49.4 Å². The van der Waals surface area contributed by atoms with Gasteiger partial charge in [-0.15, -0.1) is 0 Å². The first-order valence-corrected chi connectivity index (χ1v) is 8.59. The van der Waals surface area contributed by atoms with Gasteiger partial charge in [0.2, 0.25) is 17.7 Å². The molecule has 1 aromatic carbocycles. The van der Waals surface area contributed by atoms with Crippen molar-refractivity contribution in [2.75, 3.05) is 0 Å². The van der Waals surface area contributed by atoms with E-state index >= 15 is 0 Å². The van der Waals surface area contributed by atoms with Crippen LogP contribution in [0.25, 0.3) is 0 Å². The maximum absolute atomic E-state index is 12.5. The normalized spacial score (nSPS) is 20.9. The van der Waals surface area contributed by atoms with Crippen LogP contribution in [0.5, 0.6) is 5.75 Å². The number of rotatable bonds is 5. The van der Waals surface area contributed by atoms with Gasteiger partial charge in [-0.2, -0.15) is 8.78 Å². The van der Waals surface area contributed by atoms with Crippen LogP contribution in [-0.4, -0.2) is 35.3 Å². The molecule has 1 aliphatic carbocycles. The van der Waals surface area contributed by atoms with Crippen LogP contribution in [0.15, 0.2) is 18.2 Å². The van der Waals surface area contributed by atoms with Crippen molar-refractivity contribution >= 4 is 17.7 Å². The van der Waals surface area contributed by atoms with E-state index in [2.05, 4.69) is 10.1 Å². The largest absolute Gasteiger partial charge is 0.435 e. The average Bonchev–Trinajstić information content (AvgIpc) is 2.92. The highest BCUT2D eigenvalue weighted by molar-refractivity contribution is 6.05. The topological polar surface area (TPSA) is 75.7 Å². The summed E-state index contributed by atoms with van der Waals surface area (Å²) in [5, 5.41) is 2.88. The summed E-state index contributed by atoms with van der Waals surface area (Å²) in [5.41, 5.74) is 1.69. The lowest BCUT2D eigenvalue weighted by Crippen LogP contribution is -2.48. The van der Waals surface area contributed by atoms with Gasteiger partial charge in [0, 0.05) is 12.8 Å². The molecular formula is C18H20F2N2O4. The second kappa shape index (κ2) is 7.39. The molecule has 26 heavy (non-hydrogen) atoms. The summed E-state index contributed by atoms with van der Waals surface area (Å²) >= 11 is 0. The van der Waals surface area contributed by atoms with Crippen molar-refractivity contribution in [3.8, 4) is 5.75 Å². The van der Waals surface area contributed by atoms with E-state index in [0.717, 1.165) is 22.4 Å². The molecule has 0 bridgehead atoms. The van der Waals surface area contributed by atoms with Crippen LogP contribution in [0.3, 0.4) is 0 Å². The summed E-state index contributed by atoms with van der Waals surface area (Å²) in [5.74, 6) is -0.988. The second-order valence-corrected chi connectivity index (χ2v) is 6.53. The van der Waals surface area contributed by atoms with Gasteiger partial charge in [-0.3, -0.25) is 19.3 Å². The highest BCUT2D eigenvalue weighted by Gasteiger charge is 2.37. The molecule has 3 amide bonds. The molecule has 0 radical (unpaired) electrons. The van der Waals surface area contributed by atoms with Crippen molar-refractivity contribution in [2.24, 2.45) is 0 Å². The molecule has 6 nitrogen and oxygen atoms in total. The first-order chi connectivity index (χ1) is 12.4.